The summed E-state index contributed by atoms with van der Waals surface area (Å²) in [6.45, 7) is 0.391. The summed E-state index contributed by atoms with van der Waals surface area (Å²) in [6.07, 6.45) is 1.17. The molecule has 3 N–H and O–H groups in total. The van der Waals surface area contributed by atoms with E-state index in [1.807, 2.05) is 0 Å². The molecule has 1 unspecified atom stereocenters. The van der Waals surface area contributed by atoms with Crippen LogP contribution in [0.2, 0.25) is 0 Å². The first-order chi connectivity index (χ1) is 8.50. The number of likely N-dealkylation sites (tertiary alicyclic amines) is 1. The topological polar surface area (TPSA) is 127 Å². The molecule has 1 atom stereocenters. The molecular weight excluding hydrogens is 242 g/mol. The van der Waals surface area contributed by atoms with E-state index in [0.29, 0.717) is 19.4 Å². The van der Waals surface area contributed by atoms with Crippen LogP contribution < -0.4 is 5.73 Å². The maximum absolute atomic E-state index is 12.0. The second-order valence-electron chi connectivity index (χ2n) is 3.94. The molecule has 0 aromatic carbocycles. The Kier molecular flexibility index (Phi) is 3.00. The fourth-order valence-electron chi connectivity index (χ4n) is 1.93. The van der Waals surface area contributed by atoms with Crippen LogP contribution in [0.5, 0.6) is 0 Å². The SMILES string of the molecule is NC(=O)C1CCCN1C(=O)c1cc(C(=O)O)on1. The lowest BCUT2D eigenvalue weighted by molar-refractivity contribution is -0.121. The molecule has 1 aromatic heterocycles. The van der Waals surface area contributed by atoms with Gasteiger partial charge >= 0.3 is 5.97 Å². The van der Waals surface area contributed by atoms with Gasteiger partial charge in [0.1, 0.15) is 6.04 Å². The third-order valence-corrected chi connectivity index (χ3v) is 2.78. The largest absolute Gasteiger partial charge is 0.475 e. The third kappa shape index (κ3) is 2.04. The minimum Gasteiger partial charge on any atom is -0.475 e. The van der Waals surface area contributed by atoms with Gasteiger partial charge in [0.05, 0.1) is 0 Å². The number of nitrogens with zero attached hydrogens (tertiary/aromatic N) is 2. The number of amides is 2. The number of nitrogens with two attached hydrogens (primary N) is 1. The lowest BCUT2D eigenvalue weighted by Gasteiger charge is -2.20. The van der Waals surface area contributed by atoms with E-state index in [2.05, 4.69) is 9.68 Å². The molecule has 8 nitrogen and oxygen atoms in total. The molecular formula is C10H11N3O5. The Morgan fingerprint density at radius 2 is 2.22 bits per heavy atom. The predicted molar refractivity (Wildman–Crippen MR) is 56.7 cm³/mol. The quantitative estimate of drug-likeness (QED) is 0.744. The molecule has 1 aliphatic rings. The number of hydrogen-bond acceptors (Lipinski definition) is 5. The highest BCUT2D eigenvalue weighted by atomic mass is 16.5. The van der Waals surface area contributed by atoms with Crippen molar-refractivity contribution in [2.24, 2.45) is 5.73 Å². The van der Waals surface area contributed by atoms with Gasteiger partial charge in [0, 0.05) is 12.6 Å². The molecule has 0 spiro atoms. The van der Waals surface area contributed by atoms with E-state index in [1.165, 1.54) is 4.90 Å². The van der Waals surface area contributed by atoms with Crippen LogP contribution in [0.15, 0.2) is 10.6 Å². The normalized spacial score (nSPS) is 18.9. The van der Waals surface area contributed by atoms with E-state index in [1.54, 1.807) is 0 Å². The molecule has 2 rings (SSSR count). The first-order valence-corrected chi connectivity index (χ1v) is 5.31. The van der Waals surface area contributed by atoms with Crippen LogP contribution in [0.1, 0.15) is 33.9 Å². The molecule has 2 amide bonds. The first-order valence-electron chi connectivity index (χ1n) is 5.31. The molecule has 1 aromatic rings. The molecule has 0 aliphatic carbocycles. The Morgan fingerprint density at radius 3 is 2.78 bits per heavy atom. The summed E-state index contributed by atoms with van der Waals surface area (Å²) in [6, 6.07) is 0.364. The van der Waals surface area contributed by atoms with E-state index in [4.69, 9.17) is 10.8 Å². The van der Waals surface area contributed by atoms with Crippen molar-refractivity contribution in [3.8, 4) is 0 Å². The second kappa shape index (κ2) is 4.47. The molecule has 0 saturated carbocycles. The first kappa shape index (κ1) is 12.1. The van der Waals surface area contributed by atoms with Gasteiger partial charge in [0.25, 0.3) is 5.91 Å². The minimum absolute atomic E-state index is 0.138. The summed E-state index contributed by atoms with van der Waals surface area (Å²) >= 11 is 0. The minimum atomic E-state index is -1.31. The fraction of sp³-hybridized carbons (Fsp3) is 0.400. The number of carboxylic acids is 1. The van der Waals surface area contributed by atoms with Gasteiger partial charge in [-0.15, -0.1) is 0 Å². The number of carboxylic acid groups (broad SMARTS) is 1. The summed E-state index contributed by atoms with van der Waals surface area (Å²) in [4.78, 5) is 35.0. The number of hydrogen-bond donors (Lipinski definition) is 2. The third-order valence-electron chi connectivity index (χ3n) is 2.78. The van der Waals surface area contributed by atoms with Crippen molar-refractivity contribution in [1.29, 1.82) is 0 Å². The zero-order valence-electron chi connectivity index (χ0n) is 9.33. The average Bonchev–Trinajstić information content (AvgIpc) is 2.97. The van der Waals surface area contributed by atoms with Crippen LogP contribution in [0, 0.1) is 0 Å². The zero-order valence-corrected chi connectivity index (χ0v) is 9.33. The summed E-state index contributed by atoms with van der Waals surface area (Å²) in [7, 11) is 0. The molecule has 8 heteroatoms. The summed E-state index contributed by atoms with van der Waals surface area (Å²) in [5, 5.41) is 12.0. The Bertz CT molecular complexity index is 509. The molecule has 1 fully saturated rings. The van der Waals surface area contributed by atoms with Gasteiger partial charge in [-0.05, 0) is 12.8 Å². The van der Waals surface area contributed by atoms with Crippen LogP contribution >= 0.6 is 0 Å². The Labute approximate surface area is 101 Å². The lowest BCUT2D eigenvalue weighted by atomic mass is 10.2. The molecule has 96 valence electrons. The number of rotatable bonds is 3. The van der Waals surface area contributed by atoms with Gasteiger partial charge in [-0.2, -0.15) is 0 Å². The summed E-state index contributed by atoms with van der Waals surface area (Å²) < 4.78 is 4.49. The summed E-state index contributed by atoms with van der Waals surface area (Å²) in [5.41, 5.74) is 5.05. The van der Waals surface area contributed by atoms with Gasteiger partial charge in [0.15, 0.2) is 5.69 Å². The van der Waals surface area contributed by atoms with Crippen molar-refractivity contribution in [2.45, 2.75) is 18.9 Å². The van der Waals surface area contributed by atoms with Gasteiger partial charge in [-0.3, -0.25) is 9.59 Å². The highest BCUT2D eigenvalue weighted by molar-refractivity contribution is 5.97. The Balaban J connectivity index is 2.20. The maximum atomic E-state index is 12.0. The Morgan fingerprint density at radius 1 is 1.50 bits per heavy atom. The van der Waals surface area contributed by atoms with Crippen LogP contribution in [0.25, 0.3) is 0 Å². The standard InChI is InChI=1S/C10H11N3O5/c11-8(14)6-2-1-3-13(6)9(15)5-4-7(10(16)17)18-12-5/h4,6H,1-3H2,(H2,11,14)(H,16,17). The van der Waals surface area contributed by atoms with Gasteiger partial charge in [-0.1, -0.05) is 5.16 Å². The van der Waals surface area contributed by atoms with E-state index < -0.39 is 29.6 Å². The van der Waals surface area contributed by atoms with E-state index in [9.17, 15) is 14.4 Å². The second-order valence-corrected chi connectivity index (χ2v) is 3.94. The number of aromatic nitrogens is 1. The monoisotopic (exact) mass is 253 g/mol. The van der Waals surface area contributed by atoms with Crippen molar-refractivity contribution < 1.29 is 24.0 Å². The summed E-state index contributed by atoms with van der Waals surface area (Å²) in [5.74, 6) is -2.86. The van der Waals surface area contributed by atoms with Crippen molar-refractivity contribution in [3.05, 3.63) is 17.5 Å². The van der Waals surface area contributed by atoms with Crippen LogP contribution in [-0.4, -0.2) is 45.5 Å². The van der Waals surface area contributed by atoms with Crippen LogP contribution in [-0.2, 0) is 4.79 Å². The number of aromatic carboxylic acids is 1. The smallest absolute Gasteiger partial charge is 0.374 e. The molecule has 0 radical (unpaired) electrons. The van der Waals surface area contributed by atoms with Gasteiger partial charge in [-0.25, -0.2) is 4.79 Å². The average molecular weight is 253 g/mol. The fourth-order valence-corrected chi connectivity index (χ4v) is 1.93. The molecule has 1 aliphatic heterocycles. The molecule has 18 heavy (non-hydrogen) atoms. The molecule has 1 saturated heterocycles. The molecule has 0 bridgehead atoms. The predicted octanol–water partition coefficient (Wildman–Crippen LogP) is -0.537. The lowest BCUT2D eigenvalue weighted by Crippen LogP contribution is -2.43. The Hall–Kier alpha value is -2.38. The maximum Gasteiger partial charge on any atom is 0.374 e. The zero-order chi connectivity index (χ0) is 13.3. The highest BCUT2D eigenvalue weighted by Gasteiger charge is 2.34. The molecule has 2 heterocycles. The number of carbonyl (C=O) groups excluding carboxylic acids is 2. The van der Waals surface area contributed by atoms with Gasteiger partial charge in [0.2, 0.25) is 11.7 Å². The van der Waals surface area contributed by atoms with E-state index in [-0.39, 0.29) is 5.69 Å². The van der Waals surface area contributed by atoms with Crippen LogP contribution in [0.3, 0.4) is 0 Å². The van der Waals surface area contributed by atoms with Crippen molar-refractivity contribution >= 4 is 17.8 Å². The number of carbonyl (C=O) groups is 3. The van der Waals surface area contributed by atoms with Crippen molar-refractivity contribution in [1.82, 2.24) is 10.1 Å². The van der Waals surface area contributed by atoms with Crippen molar-refractivity contribution in [3.63, 3.8) is 0 Å². The highest BCUT2D eigenvalue weighted by Crippen LogP contribution is 2.19. The van der Waals surface area contributed by atoms with E-state index >= 15 is 0 Å². The van der Waals surface area contributed by atoms with E-state index in [0.717, 1.165) is 6.07 Å². The van der Waals surface area contributed by atoms with Crippen molar-refractivity contribution in [2.75, 3.05) is 6.54 Å². The number of primary amides is 1. The van der Waals surface area contributed by atoms with Crippen LogP contribution in [0.4, 0.5) is 0 Å². The van der Waals surface area contributed by atoms with Gasteiger partial charge < -0.3 is 20.3 Å².